The van der Waals surface area contributed by atoms with Gasteiger partial charge in [0, 0.05) is 17.3 Å². The number of benzene rings is 1. The summed E-state index contributed by atoms with van der Waals surface area (Å²) in [5.41, 5.74) is 0. The lowest BCUT2D eigenvalue weighted by Crippen LogP contribution is -3.14. The van der Waals surface area contributed by atoms with Crippen molar-refractivity contribution in [3.8, 4) is 5.75 Å². The number of rotatable bonds is 6. The summed E-state index contributed by atoms with van der Waals surface area (Å²) in [4.78, 5) is 13.4. The highest BCUT2D eigenvalue weighted by Gasteiger charge is 2.26. The molecule has 1 saturated heterocycles. The van der Waals surface area contributed by atoms with Crippen LogP contribution >= 0.6 is 15.9 Å². The SMILES string of the molecule is CC[NH+]1CCC[C@@H]1CNC(=O)COc1ccc(Br)cc1. The van der Waals surface area contributed by atoms with E-state index < -0.39 is 0 Å². The highest BCUT2D eigenvalue weighted by Crippen LogP contribution is 2.15. The van der Waals surface area contributed by atoms with Gasteiger partial charge >= 0.3 is 0 Å². The van der Waals surface area contributed by atoms with Crippen molar-refractivity contribution in [1.29, 1.82) is 0 Å². The molecule has 110 valence electrons. The predicted octanol–water partition coefficient (Wildman–Crippen LogP) is 1.01. The molecular weight excluding hydrogens is 320 g/mol. The van der Waals surface area contributed by atoms with Crippen LogP contribution in [0, 0.1) is 0 Å². The lowest BCUT2D eigenvalue weighted by molar-refractivity contribution is -0.909. The first-order chi connectivity index (χ1) is 9.69. The van der Waals surface area contributed by atoms with Gasteiger partial charge in [-0.2, -0.15) is 0 Å². The van der Waals surface area contributed by atoms with E-state index in [0.717, 1.165) is 17.6 Å². The molecule has 1 aliphatic rings. The normalized spacial score (nSPS) is 21.7. The smallest absolute Gasteiger partial charge is 0.258 e. The van der Waals surface area contributed by atoms with Crippen molar-refractivity contribution < 1.29 is 14.4 Å². The average molecular weight is 342 g/mol. The van der Waals surface area contributed by atoms with Crippen molar-refractivity contribution in [1.82, 2.24) is 5.32 Å². The Hall–Kier alpha value is -1.07. The standard InChI is InChI=1S/C15H21BrN2O2/c1-2-18-9-3-4-13(18)10-17-15(19)11-20-14-7-5-12(16)6-8-14/h5-8,13H,2-4,9-11H2,1H3,(H,17,19)/p+1/t13-/m1/s1. The van der Waals surface area contributed by atoms with E-state index >= 15 is 0 Å². The molecule has 1 unspecified atom stereocenters. The summed E-state index contributed by atoms with van der Waals surface area (Å²) in [5.74, 6) is 0.667. The van der Waals surface area contributed by atoms with Crippen molar-refractivity contribution in [3.05, 3.63) is 28.7 Å². The first kappa shape index (κ1) is 15.3. The van der Waals surface area contributed by atoms with Crippen molar-refractivity contribution in [2.75, 3.05) is 26.2 Å². The summed E-state index contributed by atoms with van der Waals surface area (Å²) in [6.07, 6.45) is 2.47. The molecule has 2 atom stereocenters. The second kappa shape index (κ2) is 7.64. The lowest BCUT2D eigenvalue weighted by atomic mass is 10.2. The van der Waals surface area contributed by atoms with Crippen LogP contribution in [0.5, 0.6) is 5.75 Å². The number of ether oxygens (including phenoxy) is 1. The molecule has 1 heterocycles. The topological polar surface area (TPSA) is 42.8 Å². The molecule has 1 amide bonds. The Morgan fingerprint density at radius 2 is 2.20 bits per heavy atom. The molecular formula is C15H22BrN2O2+. The Kier molecular flexibility index (Phi) is 5.86. The third-order valence-corrected chi connectivity index (χ3v) is 4.34. The molecule has 0 aromatic heterocycles. The quantitative estimate of drug-likeness (QED) is 0.811. The first-order valence-electron chi connectivity index (χ1n) is 7.18. The zero-order valence-corrected chi connectivity index (χ0v) is 13.4. The van der Waals surface area contributed by atoms with E-state index in [-0.39, 0.29) is 12.5 Å². The number of halogens is 1. The average Bonchev–Trinajstić information content (AvgIpc) is 2.92. The minimum absolute atomic E-state index is 0.0460. The monoisotopic (exact) mass is 341 g/mol. The van der Waals surface area contributed by atoms with Crippen LogP contribution in [0.25, 0.3) is 0 Å². The van der Waals surface area contributed by atoms with E-state index in [0.29, 0.717) is 11.8 Å². The van der Waals surface area contributed by atoms with Gasteiger partial charge in [0.1, 0.15) is 11.8 Å². The summed E-state index contributed by atoms with van der Waals surface area (Å²) in [6.45, 7) is 5.40. The van der Waals surface area contributed by atoms with Gasteiger partial charge in [-0.25, -0.2) is 0 Å². The summed E-state index contributed by atoms with van der Waals surface area (Å²) < 4.78 is 6.45. The Balaban J connectivity index is 1.69. The van der Waals surface area contributed by atoms with Gasteiger partial charge in [0.2, 0.25) is 0 Å². The van der Waals surface area contributed by atoms with Gasteiger partial charge < -0.3 is 15.0 Å². The molecule has 5 heteroatoms. The summed E-state index contributed by atoms with van der Waals surface area (Å²) in [7, 11) is 0. The molecule has 1 fully saturated rings. The fourth-order valence-electron chi connectivity index (χ4n) is 2.66. The molecule has 0 aliphatic carbocycles. The molecule has 0 bridgehead atoms. The zero-order chi connectivity index (χ0) is 14.4. The van der Waals surface area contributed by atoms with Crippen molar-refractivity contribution in [2.24, 2.45) is 0 Å². The van der Waals surface area contributed by atoms with Gasteiger partial charge in [0.25, 0.3) is 5.91 Å². The van der Waals surface area contributed by atoms with Crippen LogP contribution in [0.15, 0.2) is 28.7 Å². The largest absolute Gasteiger partial charge is 0.484 e. The Morgan fingerprint density at radius 3 is 2.90 bits per heavy atom. The van der Waals surface area contributed by atoms with Gasteiger partial charge in [0.05, 0.1) is 19.6 Å². The third-order valence-electron chi connectivity index (χ3n) is 3.81. The van der Waals surface area contributed by atoms with Crippen LogP contribution < -0.4 is 15.0 Å². The second-order valence-electron chi connectivity index (χ2n) is 5.15. The van der Waals surface area contributed by atoms with Gasteiger partial charge in [0.15, 0.2) is 6.61 Å². The molecule has 1 aliphatic heterocycles. The molecule has 0 spiro atoms. The van der Waals surface area contributed by atoms with E-state index in [1.54, 1.807) is 4.90 Å². The van der Waals surface area contributed by atoms with Crippen molar-refractivity contribution in [3.63, 3.8) is 0 Å². The fourth-order valence-corrected chi connectivity index (χ4v) is 2.93. The van der Waals surface area contributed by atoms with Gasteiger partial charge in [-0.1, -0.05) is 15.9 Å². The van der Waals surface area contributed by atoms with Gasteiger partial charge in [-0.05, 0) is 31.2 Å². The summed E-state index contributed by atoms with van der Waals surface area (Å²) in [6, 6.07) is 8.05. The molecule has 2 rings (SSSR count). The van der Waals surface area contributed by atoms with E-state index in [9.17, 15) is 4.79 Å². The van der Waals surface area contributed by atoms with E-state index in [2.05, 4.69) is 28.2 Å². The van der Waals surface area contributed by atoms with Crippen LogP contribution in [-0.4, -0.2) is 38.2 Å². The van der Waals surface area contributed by atoms with Crippen LogP contribution in [-0.2, 0) is 4.79 Å². The van der Waals surface area contributed by atoms with Crippen LogP contribution in [0.4, 0.5) is 0 Å². The molecule has 20 heavy (non-hydrogen) atoms. The molecule has 1 aromatic rings. The fraction of sp³-hybridized carbons (Fsp3) is 0.533. The number of hydrogen-bond acceptors (Lipinski definition) is 2. The maximum atomic E-state index is 11.8. The Morgan fingerprint density at radius 1 is 1.45 bits per heavy atom. The van der Waals surface area contributed by atoms with Crippen molar-refractivity contribution >= 4 is 21.8 Å². The number of likely N-dealkylation sites (tertiary alicyclic amines) is 1. The highest BCUT2D eigenvalue weighted by molar-refractivity contribution is 9.10. The number of carbonyl (C=O) groups excluding carboxylic acids is 1. The van der Waals surface area contributed by atoms with Gasteiger partial charge in [-0.3, -0.25) is 4.79 Å². The zero-order valence-electron chi connectivity index (χ0n) is 11.8. The van der Waals surface area contributed by atoms with E-state index in [4.69, 9.17) is 4.74 Å². The number of hydrogen-bond donors (Lipinski definition) is 2. The summed E-state index contributed by atoms with van der Waals surface area (Å²) >= 11 is 3.36. The number of likely N-dealkylation sites (N-methyl/N-ethyl adjacent to an activating group) is 1. The maximum absolute atomic E-state index is 11.8. The highest BCUT2D eigenvalue weighted by atomic mass is 79.9. The number of nitrogens with one attached hydrogen (secondary N) is 2. The van der Waals surface area contributed by atoms with E-state index in [1.807, 2.05) is 24.3 Å². The van der Waals surface area contributed by atoms with Crippen LogP contribution in [0.1, 0.15) is 19.8 Å². The van der Waals surface area contributed by atoms with Crippen LogP contribution in [0.2, 0.25) is 0 Å². The molecule has 0 saturated carbocycles. The second-order valence-corrected chi connectivity index (χ2v) is 6.06. The molecule has 2 N–H and O–H groups in total. The number of carbonyl (C=O) groups is 1. The summed E-state index contributed by atoms with van der Waals surface area (Å²) in [5, 5.41) is 2.98. The van der Waals surface area contributed by atoms with Crippen LogP contribution in [0.3, 0.4) is 0 Å². The van der Waals surface area contributed by atoms with Gasteiger partial charge in [-0.15, -0.1) is 0 Å². The first-order valence-corrected chi connectivity index (χ1v) is 7.98. The lowest BCUT2D eigenvalue weighted by Gasteiger charge is -2.20. The Bertz CT molecular complexity index is 436. The molecule has 4 nitrogen and oxygen atoms in total. The minimum Gasteiger partial charge on any atom is -0.484 e. The van der Waals surface area contributed by atoms with E-state index in [1.165, 1.54) is 19.4 Å². The molecule has 0 radical (unpaired) electrons. The minimum atomic E-state index is -0.0460. The predicted molar refractivity (Wildman–Crippen MR) is 82.0 cm³/mol. The third kappa shape index (κ3) is 4.49. The Labute approximate surface area is 128 Å². The molecule has 1 aromatic carbocycles. The number of amides is 1. The maximum Gasteiger partial charge on any atom is 0.258 e. The van der Waals surface area contributed by atoms with Crippen molar-refractivity contribution in [2.45, 2.75) is 25.8 Å². The number of quaternary nitrogens is 1.